The minimum Gasteiger partial charge on any atom is -0.339 e. The van der Waals surface area contributed by atoms with E-state index in [0.29, 0.717) is 24.3 Å². The van der Waals surface area contributed by atoms with Crippen LogP contribution in [-0.4, -0.2) is 56.2 Å². The summed E-state index contributed by atoms with van der Waals surface area (Å²) in [6.45, 7) is 4.95. The first-order chi connectivity index (χ1) is 17.3. The number of amides is 1. The normalized spacial score (nSPS) is 14.5. The van der Waals surface area contributed by atoms with Crippen LogP contribution in [0.2, 0.25) is 5.02 Å². The predicted molar refractivity (Wildman–Crippen MR) is 136 cm³/mol. The molecule has 0 spiro atoms. The quantitative estimate of drug-likeness (QED) is 0.448. The predicted octanol–water partition coefficient (Wildman–Crippen LogP) is 2.93. The van der Waals surface area contributed by atoms with Crippen molar-refractivity contribution in [1.82, 2.24) is 24.1 Å². The summed E-state index contributed by atoms with van der Waals surface area (Å²) in [5.41, 5.74) is 1.36. The van der Waals surface area contributed by atoms with Crippen molar-refractivity contribution < 1.29 is 9.18 Å². The van der Waals surface area contributed by atoms with Crippen LogP contribution in [0.5, 0.6) is 0 Å². The molecular formula is C26H25ClFN5O3. The lowest BCUT2D eigenvalue weighted by molar-refractivity contribution is -0.133. The fraction of sp³-hybridized carbons (Fsp3) is 0.269. The van der Waals surface area contributed by atoms with E-state index in [1.54, 1.807) is 11.8 Å². The van der Waals surface area contributed by atoms with Crippen LogP contribution >= 0.6 is 11.6 Å². The van der Waals surface area contributed by atoms with Crippen LogP contribution in [0.25, 0.3) is 16.6 Å². The van der Waals surface area contributed by atoms with Gasteiger partial charge in [-0.2, -0.15) is 0 Å². The third-order valence-corrected chi connectivity index (χ3v) is 6.94. The Morgan fingerprint density at radius 2 is 1.75 bits per heavy atom. The van der Waals surface area contributed by atoms with E-state index in [4.69, 9.17) is 11.6 Å². The molecule has 36 heavy (non-hydrogen) atoms. The van der Waals surface area contributed by atoms with Crippen LogP contribution in [-0.2, 0) is 17.9 Å². The highest BCUT2D eigenvalue weighted by Gasteiger charge is 2.23. The molecule has 0 atom stereocenters. The summed E-state index contributed by atoms with van der Waals surface area (Å²) in [7, 11) is 0. The van der Waals surface area contributed by atoms with Crippen LogP contribution < -0.4 is 11.1 Å². The zero-order chi connectivity index (χ0) is 25.4. The highest BCUT2D eigenvalue weighted by Crippen LogP contribution is 2.21. The molecule has 0 saturated carbocycles. The summed E-state index contributed by atoms with van der Waals surface area (Å²) in [4.78, 5) is 43.2. The van der Waals surface area contributed by atoms with E-state index in [9.17, 15) is 18.8 Å². The molecule has 10 heteroatoms. The third-order valence-electron chi connectivity index (χ3n) is 6.64. The largest absolute Gasteiger partial charge is 0.339 e. The molecule has 0 aliphatic carbocycles. The Hall–Kier alpha value is -3.69. The average molecular weight is 510 g/mol. The molecule has 186 valence electrons. The Kier molecular flexibility index (Phi) is 6.51. The zero-order valence-electron chi connectivity index (χ0n) is 19.7. The molecule has 1 saturated heterocycles. The molecule has 8 nitrogen and oxygen atoms in total. The van der Waals surface area contributed by atoms with Crippen molar-refractivity contribution in [3.63, 3.8) is 0 Å². The minimum atomic E-state index is -0.525. The number of aromatic amines is 1. The van der Waals surface area contributed by atoms with E-state index in [2.05, 4.69) is 22.1 Å². The first-order valence-corrected chi connectivity index (χ1v) is 12.0. The second kappa shape index (κ2) is 9.75. The topological polar surface area (TPSA) is 83.3 Å². The van der Waals surface area contributed by atoms with Gasteiger partial charge in [-0.05, 0) is 30.7 Å². The van der Waals surface area contributed by atoms with Crippen molar-refractivity contribution in [2.75, 3.05) is 26.2 Å². The van der Waals surface area contributed by atoms with Gasteiger partial charge in [0, 0.05) is 44.5 Å². The van der Waals surface area contributed by atoms with Gasteiger partial charge in [-0.25, -0.2) is 9.07 Å². The molecule has 1 aliphatic rings. The van der Waals surface area contributed by atoms with Gasteiger partial charge in [0.1, 0.15) is 12.4 Å². The number of hydrogen-bond donors (Lipinski definition) is 1. The molecule has 1 N–H and O–H groups in total. The second-order valence-corrected chi connectivity index (χ2v) is 9.34. The van der Waals surface area contributed by atoms with Gasteiger partial charge in [0.2, 0.25) is 5.91 Å². The maximum absolute atomic E-state index is 13.5. The summed E-state index contributed by atoms with van der Waals surface area (Å²) in [5, 5.41) is 3.20. The van der Waals surface area contributed by atoms with Crippen LogP contribution in [0.1, 0.15) is 11.3 Å². The number of carbonyl (C=O) groups is 1. The number of fused-ring (bicyclic) bond motifs is 1. The number of piperazine rings is 1. The molecule has 0 radical (unpaired) electrons. The number of pyridine rings is 1. The molecule has 2 aromatic carbocycles. The molecule has 1 aliphatic heterocycles. The number of carbonyl (C=O) groups excluding carboxylic acids is 1. The monoisotopic (exact) mass is 509 g/mol. The Morgan fingerprint density at radius 3 is 2.44 bits per heavy atom. The lowest BCUT2D eigenvalue weighted by Gasteiger charge is -2.35. The fourth-order valence-electron chi connectivity index (χ4n) is 4.67. The average Bonchev–Trinajstić information content (AvgIpc) is 3.18. The number of nitrogens with zero attached hydrogens (tertiary/aromatic N) is 4. The van der Waals surface area contributed by atoms with Crippen molar-refractivity contribution in [3.05, 3.63) is 97.4 Å². The summed E-state index contributed by atoms with van der Waals surface area (Å²) in [5.74, 6) is -0.695. The maximum atomic E-state index is 13.5. The van der Waals surface area contributed by atoms with Crippen LogP contribution in [0, 0.1) is 12.7 Å². The van der Waals surface area contributed by atoms with Gasteiger partial charge in [0.05, 0.1) is 21.6 Å². The standard InChI is InChI=1S/C26H25ClFN5O3/c1-17-25-21(29-33(26(25)36)22-8-7-19(28)13-20(22)27)14-23(34)32(17)16-24(35)31-11-9-30(10-12-31)15-18-5-3-2-4-6-18/h2-8,13-14,29H,9-12,15-16H2,1H3. The number of hydrogen-bond acceptors (Lipinski definition) is 4. The highest BCUT2D eigenvalue weighted by molar-refractivity contribution is 6.32. The Bertz CT molecular complexity index is 1550. The number of H-pyrrole nitrogens is 1. The fourth-order valence-corrected chi connectivity index (χ4v) is 4.92. The van der Waals surface area contributed by atoms with E-state index in [0.717, 1.165) is 25.7 Å². The van der Waals surface area contributed by atoms with Crippen molar-refractivity contribution in [1.29, 1.82) is 0 Å². The van der Waals surface area contributed by atoms with Crippen LogP contribution in [0.3, 0.4) is 0 Å². The SMILES string of the molecule is Cc1c2c(=O)n(-c3ccc(F)cc3Cl)[nH]c2cc(=O)n1CC(=O)N1CCN(Cc2ccccc2)CC1. The van der Waals surface area contributed by atoms with Gasteiger partial charge >= 0.3 is 0 Å². The Morgan fingerprint density at radius 1 is 1.03 bits per heavy atom. The van der Waals surface area contributed by atoms with Gasteiger partial charge in [0.15, 0.2) is 0 Å². The van der Waals surface area contributed by atoms with E-state index in [1.165, 1.54) is 33.0 Å². The molecule has 4 aromatic rings. The molecule has 5 rings (SSSR count). The number of aryl methyl sites for hydroxylation is 1. The molecule has 0 bridgehead atoms. The van der Waals surface area contributed by atoms with E-state index >= 15 is 0 Å². The lowest BCUT2D eigenvalue weighted by Crippen LogP contribution is -2.49. The third kappa shape index (κ3) is 4.59. The smallest absolute Gasteiger partial charge is 0.280 e. The number of halogens is 2. The number of benzene rings is 2. The Labute approximate surface area is 211 Å². The number of nitrogens with one attached hydrogen (secondary N) is 1. The van der Waals surface area contributed by atoms with Gasteiger partial charge in [-0.15, -0.1) is 0 Å². The van der Waals surface area contributed by atoms with Crippen molar-refractivity contribution in [2.45, 2.75) is 20.0 Å². The van der Waals surface area contributed by atoms with E-state index in [-0.39, 0.29) is 28.5 Å². The first kappa shape index (κ1) is 24.0. The summed E-state index contributed by atoms with van der Waals surface area (Å²) in [6.07, 6.45) is 0. The van der Waals surface area contributed by atoms with Gasteiger partial charge in [-0.1, -0.05) is 41.9 Å². The molecule has 1 amide bonds. The molecule has 0 unspecified atom stereocenters. The second-order valence-electron chi connectivity index (χ2n) is 8.93. The highest BCUT2D eigenvalue weighted by atomic mass is 35.5. The van der Waals surface area contributed by atoms with Crippen LogP contribution in [0.4, 0.5) is 4.39 Å². The molecule has 3 heterocycles. The van der Waals surface area contributed by atoms with Crippen molar-refractivity contribution in [3.8, 4) is 5.69 Å². The molecular weight excluding hydrogens is 485 g/mol. The lowest BCUT2D eigenvalue weighted by atomic mass is 10.2. The van der Waals surface area contributed by atoms with Gasteiger partial charge in [0.25, 0.3) is 11.1 Å². The minimum absolute atomic E-state index is 0.0538. The van der Waals surface area contributed by atoms with E-state index in [1.807, 2.05) is 18.2 Å². The molecule has 1 fully saturated rings. The van der Waals surface area contributed by atoms with Crippen molar-refractivity contribution >= 4 is 28.4 Å². The van der Waals surface area contributed by atoms with E-state index < -0.39 is 16.9 Å². The maximum Gasteiger partial charge on any atom is 0.280 e. The van der Waals surface area contributed by atoms with Crippen LogP contribution in [0.15, 0.2) is 64.2 Å². The molecule has 2 aromatic heterocycles. The summed E-state index contributed by atoms with van der Waals surface area (Å²) >= 11 is 6.14. The number of aromatic nitrogens is 3. The van der Waals surface area contributed by atoms with Gasteiger partial charge in [-0.3, -0.25) is 24.4 Å². The number of rotatable bonds is 5. The Balaban J connectivity index is 1.35. The summed E-state index contributed by atoms with van der Waals surface area (Å²) in [6, 6.07) is 15.2. The zero-order valence-corrected chi connectivity index (χ0v) is 20.5. The first-order valence-electron chi connectivity index (χ1n) is 11.7. The van der Waals surface area contributed by atoms with Crippen molar-refractivity contribution in [2.24, 2.45) is 0 Å². The summed E-state index contributed by atoms with van der Waals surface area (Å²) < 4.78 is 16.0. The van der Waals surface area contributed by atoms with Gasteiger partial charge < -0.3 is 9.47 Å².